The zero-order chi connectivity index (χ0) is 50.1. The molecule has 3 aromatic heterocycles. The van der Waals surface area contributed by atoms with E-state index in [9.17, 15) is 81.9 Å². The zero-order valence-corrected chi connectivity index (χ0v) is 37.6. The average Bonchev–Trinajstić information content (AvgIpc) is 3.78. The van der Waals surface area contributed by atoms with Gasteiger partial charge in [-0.2, -0.15) is 15.3 Å². The topological polar surface area (TPSA) is 327 Å². The van der Waals surface area contributed by atoms with Crippen molar-refractivity contribution < 1.29 is 66.4 Å². The molecule has 3 heterocycles. The Kier molecular flexibility index (Phi) is 15.8. The lowest BCUT2D eigenvalue weighted by molar-refractivity contribution is -0.383. The fraction of sp³-hybridized carbons (Fsp3) is 0.300. The van der Waals surface area contributed by atoms with E-state index >= 15 is 0 Å². The van der Waals surface area contributed by atoms with Crippen LogP contribution < -0.4 is 14.2 Å². The monoisotopic (exact) mass is 1060 g/mol. The number of fused-ring (bicyclic) bond motifs is 3. The van der Waals surface area contributed by atoms with Crippen LogP contribution in [-0.4, -0.2) is 107 Å². The van der Waals surface area contributed by atoms with Crippen molar-refractivity contribution in [3.05, 3.63) is 81.8 Å². The van der Waals surface area contributed by atoms with Crippen LogP contribution in [0.3, 0.4) is 0 Å². The summed E-state index contributed by atoms with van der Waals surface area (Å²) in [6.07, 6.45) is -6.61. The van der Waals surface area contributed by atoms with Crippen LogP contribution in [0.2, 0.25) is 15.1 Å². The second-order valence-corrected chi connectivity index (χ2v) is 19.9. The minimum absolute atomic E-state index is 0.0488. The number of nitrogens with zero attached hydrogens (tertiary/aromatic N) is 10. The number of non-ortho nitro benzene ring substituents is 3. The second kappa shape index (κ2) is 19.8. The minimum Gasteiger partial charge on any atom is -0.382 e. The number of aromatic nitrogens is 6. The smallest absolute Gasteiger partial charge is 0.295 e. The highest BCUT2D eigenvalue weighted by Crippen LogP contribution is 2.40. The standard InChI is InChI=1S/C11H11ClF2N4O6S2.C10H9ClF2N4O4S.C9H7ClF2N4O2/c1-25(21,22)18(26(2,23)24)11-9-6(12)3-4-7(17(19)20)10(9)16(15-11)5-8(13)14;1-22(20,21)15-10-8-5(11)2-3-6(17(18)19)9(8)16(14-10)4-7(12)13;10-4-1-2-5(16(17)18)8-7(4)9(13)14-15(8)3-6(11)12/h3-4,8H,5H2,1-2H3;2-3,7H,4H2,1H3,(H,14,15);1-2,6H,3H2,(H2,13,14). The largest absolute Gasteiger partial charge is 0.382 e. The summed E-state index contributed by atoms with van der Waals surface area (Å²) < 4.78 is 150. The molecule has 0 fully saturated rings. The van der Waals surface area contributed by atoms with Gasteiger partial charge in [-0.1, -0.05) is 34.8 Å². The van der Waals surface area contributed by atoms with Gasteiger partial charge in [-0.25, -0.2) is 65.6 Å². The normalized spacial score (nSPS) is 12.1. The number of benzene rings is 3. The van der Waals surface area contributed by atoms with Gasteiger partial charge in [-0.05, 0) is 18.2 Å². The van der Waals surface area contributed by atoms with Gasteiger partial charge in [0.25, 0.3) is 36.3 Å². The van der Waals surface area contributed by atoms with Gasteiger partial charge in [0.1, 0.15) is 36.2 Å². The first-order chi connectivity index (χ1) is 30.3. The Balaban J connectivity index is 0.000000220. The molecule has 0 saturated heterocycles. The molecule has 0 unspecified atom stereocenters. The third-order valence-electron chi connectivity index (χ3n) is 8.05. The molecule has 3 aromatic carbocycles. The van der Waals surface area contributed by atoms with E-state index in [1.54, 1.807) is 0 Å². The molecule has 3 N–H and O–H groups in total. The van der Waals surface area contributed by atoms with Gasteiger partial charge in [0.15, 0.2) is 17.5 Å². The molecule has 0 aliphatic carbocycles. The van der Waals surface area contributed by atoms with Gasteiger partial charge < -0.3 is 5.73 Å². The Morgan fingerprint density at radius 2 is 0.939 bits per heavy atom. The van der Waals surface area contributed by atoms with Crippen LogP contribution in [0, 0.1) is 30.3 Å². The maximum absolute atomic E-state index is 12.8. The van der Waals surface area contributed by atoms with Crippen LogP contribution in [-0.2, 0) is 49.7 Å². The van der Waals surface area contributed by atoms with Gasteiger partial charge >= 0.3 is 0 Å². The van der Waals surface area contributed by atoms with E-state index in [1.807, 2.05) is 4.72 Å². The number of sulfonamides is 3. The van der Waals surface area contributed by atoms with Crippen molar-refractivity contribution in [1.29, 1.82) is 0 Å². The second-order valence-electron chi connectivity index (χ2n) is 13.0. The lowest BCUT2D eigenvalue weighted by Crippen LogP contribution is -2.35. The first-order valence-electron chi connectivity index (χ1n) is 17.0. The summed E-state index contributed by atoms with van der Waals surface area (Å²) in [6, 6.07) is 6.56. The quantitative estimate of drug-likeness (QED) is 0.0689. The van der Waals surface area contributed by atoms with Crippen LogP contribution in [0.1, 0.15) is 0 Å². The molecule has 36 heteroatoms. The SMILES string of the molecule is CS(=O)(=O)N(c1nn(CC(F)F)c2c([N+](=O)[O-])ccc(Cl)c12)S(C)(=O)=O.CS(=O)(=O)Nc1nn(CC(F)F)c2c([N+](=O)[O-])ccc(Cl)c12.Nc1nn(CC(F)F)c2c([N+](=O)[O-])ccc(Cl)c12. The van der Waals surface area contributed by atoms with Gasteiger partial charge in [0.2, 0.25) is 30.1 Å². The van der Waals surface area contributed by atoms with Gasteiger partial charge in [-0.15, -0.1) is 3.71 Å². The predicted octanol–water partition coefficient (Wildman–Crippen LogP) is 6.27. The molecule has 0 atom stereocenters. The molecule has 0 aliphatic heterocycles. The first-order valence-corrected chi connectivity index (χ1v) is 23.8. The van der Waals surface area contributed by atoms with Crippen LogP contribution in [0.5, 0.6) is 0 Å². The van der Waals surface area contributed by atoms with E-state index in [0.29, 0.717) is 21.9 Å². The molecule has 0 radical (unpaired) electrons. The molecule has 6 aromatic rings. The van der Waals surface area contributed by atoms with Crippen LogP contribution >= 0.6 is 34.8 Å². The molecule has 0 bridgehead atoms. The Morgan fingerprint density at radius 3 is 1.30 bits per heavy atom. The molecule has 6 rings (SSSR count). The van der Waals surface area contributed by atoms with Crippen molar-refractivity contribution in [1.82, 2.24) is 29.3 Å². The van der Waals surface area contributed by atoms with E-state index in [-0.39, 0.29) is 57.9 Å². The Labute approximate surface area is 380 Å². The molecule has 0 spiro atoms. The van der Waals surface area contributed by atoms with Crippen molar-refractivity contribution in [2.45, 2.75) is 38.9 Å². The Morgan fingerprint density at radius 1 is 0.606 bits per heavy atom. The van der Waals surface area contributed by atoms with Crippen LogP contribution in [0.4, 0.5) is 60.9 Å². The van der Waals surface area contributed by atoms with Crippen molar-refractivity contribution in [2.75, 3.05) is 32.9 Å². The number of hydrogen-bond donors (Lipinski definition) is 2. The molecular formula is C30H27Cl3F6N12O12S3. The van der Waals surface area contributed by atoms with E-state index in [2.05, 4.69) is 15.3 Å². The molecule has 0 aliphatic rings. The lowest BCUT2D eigenvalue weighted by atomic mass is 10.2. The maximum Gasteiger partial charge on any atom is 0.295 e. The van der Waals surface area contributed by atoms with Crippen molar-refractivity contribution in [3.63, 3.8) is 0 Å². The lowest BCUT2D eigenvalue weighted by Gasteiger charge is -2.17. The summed E-state index contributed by atoms with van der Waals surface area (Å²) in [4.78, 5) is 30.8. The summed E-state index contributed by atoms with van der Waals surface area (Å²) in [5.41, 5.74) is 3.10. The number of anilines is 3. The number of nitrogens with one attached hydrogen (secondary N) is 1. The number of nitro groups is 3. The van der Waals surface area contributed by atoms with Crippen LogP contribution in [0.25, 0.3) is 32.7 Å². The third-order valence-corrected chi connectivity index (χ3v) is 12.7. The van der Waals surface area contributed by atoms with Crippen molar-refractivity contribution in [3.8, 4) is 0 Å². The number of hydrogen-bond acceptors (Lipinski definition) is 16. The summed E-state index contributed by atoms with van der Waals surface area (Å²) in [7, 11) is -12.7. The Hall–Kier alpha value is -6.03. The zero-order valence-electron chi connectivity index (χ0n) is 32.9. The number of nitrogen functional groups attached to an aromatic ring is 1. The number of alkyl halides is 6. The van der Waals surface area contributed by atoms with Crippen LogP contribution in [0.15, 0.2) is 36.4 Å². The third kappa shape index (κ3) is 11.9. The summed E-state index contributed by atoms with van der Waals surface area (Å²) >= 11 is 17.7. The van der Waals surface area contributed by atoms with E-state index in [1.165, 1.54) is 12.1 Å². The van der Waals surface area contributed by atoms with E-state index < -0.39 is 112 Å². The molecule has 0 amide bonds. The van der Waals surface area contributed by atoms with Gasteiger partial charge in [0, 0.05) is 18.2 Å². The highest BCUT2D eigenvalue weighted by atomic mass is 35.5. The van der Waals surface area contributed by atoms with Gasteiger partial charge in [0.05, 0.1) is 64.8 Å². The molecule has 24 nitrogen and oxygen atoms in total. The summed E-state index contributed by atoms with van der Waals surface area (Å²) in [5, 5.41) is 43.4. The minimum atomic E-state index is -4.48. The molecule has 66 heavy (non-hydrogen) atoms. The van der Waals surface area contributed by atoms with Crippen molar-refractivity contribution >= 4 is 132 Å². The highest BCUT2D eigenvalue weighted by molar-refractivity contribution is 8.09. The van der Waals surface area contributed by atoms with Crippen molar-refractivity contribution in [2.24, 2.45) is 0 Å². The maximum atomic E-state index is 12.8. The predicted molar refractivity (Wildman–Crippen MR) is 227 cm³/mol. The number of halogens is 9. The summed E-state index contributed by atoms with van der Waals surface area (Å²) in [6.45, 7) is -2.86. The molecule has 360 valence electrons. The number of nitrogens with two attached hydrogens (primary N) is 1. The highest BCUT2D eigenvalue weighted by Gasteiger charge is 2.36. The first kappa shape index (κ1) is 52.6. The Bertz CT molecular complexity index is 3220. The average molecular weight is 1060 g/mol. The van der Waals surface area contributed by atoms with E-state index in [4.69, 9.17) is 40.5 Å². The fourth-order valence-electron chi connectivity index (χ4n) is 5.96. The van der Waals surface area contributed by atoms with Gasteiger partial charge in [-0.3, -0.25) is 35.1 Å². The van der Waals surface area contributed by atoms with E-state index in [0.717, 1.165) is 35.2 Å². The number of nitro benzene ring substituents is 3. The number of rotatable bonds is 14. The summed E-state index contributed by atoms with van der Waals surface area (Å²) in [5.74, 6) is -1.27. The fourth-order valence-corrected chi connectivity index (χ4v) is 10.0. The molecule has 0 saturated carbocycles. The molecular weight excluding hydrogens is 1040 g/mol.